The zero-order chi connectivity index (χ0) is 7.00. The summed E-state index contributed by atoms with van der Waals surface area (Å²) in [4.78, 5) is 0. The molecule has 0 atom stereocenters. The molecule has 0 rings (SSSR count). The maximum Gasteiger partial charge on any atom is 1.00 e. The van der Waals surface area contributed by atoms with Gasteiger partial charge in [0.25, 0.3) is 0 Å². The molecule has 0 aromatic carbocycles. The maximum absolute atomic E-state index is 9.10. The van der Waals surface area contributed by atoms with E-state index in [1.165, 1.54) is 0 Å². The van der Waals surface area contributed by atoms with Crippen molar-refractivity contribution in [1.29, 1.82) is 0 Å². The van der Waals surface area contributed by atoms with Crippen molar-refractivity contribution in [3.63, 3.8) is 0 Å². The molecule has 0 bridgehead atoms. The second-order valence-corrected chi connectivity index (χ2v) is 3.12. The predicted octanol–water partition coefficient (Wildman–Crippen LogP) is -2.36. The van der Waals surface area contributed by atoms with E-state index in [2.05, 4.69) is 0 Å². The first-order valence-electron chi connectivity index (χ1n) is 2.70. The molecule has 0 aliphatic heterocycles. The SMILES string of the molecule is CC(C)(O)C(C)(C)O.[H-].[Li+]. The quantitative estimate of drug-likeness (QED) is 0.386. The molecule has 0 saturated carbocycles. The summed E-state index contributed by atoms with van der Waals surface area (Å²) >= 11 is 0. The third-order valence-electron chi connectivity index (χ3n) is 1.50. The Bertz CT molecular complexity index is 70.7. The normalized spacial score (nSPS) is 12.7. The summed E-state index contributed by atoms with van der Waals surface area (Å²) in [6, 6.07) is 0. The molecule has 0 aliphatic rings. The molecule has 0 aliphatic carbocycles. The van der Waals surface area contributed by atoms with Gasteiger partial charge in [0.2, 0.25) is 0 Å². The molecule has 0 unspecified atom stereocenters. The molecular weight excluding hydrogens is 111 g/mol. The summed E-state index contributed by atoms with van der Waals surface area (Å²) < 4.78 is 0. The zero-order valence-corrected chi connectivity index (χ0v) is 6.89. The molecule has 2 nitrogen and oxygen atoms in total. The Morgan fingerprint density at radius 3 is 1.00 bits per heavy atom. The van der Waals surface area contributed by atoms with E-state index in [1.807, 2.05) is 0 Å². The molecule has 0 saturated heterocycles. The van der Waals surface area contributed by atoms with Crippen molar-refractivity contribution < 1.29 is 30.5 Å². The van der Waals surface area contributed by atoms with Crippen LogP contribution in [0.25, 0.3) is 0 Å². The summed E-state index contributed by atoms with van der Waals surface area (Å²) in [5, 5.41) is 18.2. The first-order valence-corrected chi connectivity index (χ1v) is 2.70. The van der Waals surface area contributed by atoms with E-state index in [-0.39, 0.29) is 20.3 Å². The van der Waals surface area contributed by atoms with Crippen LogP contribution in [0.3, 0.4) is 0 Å². The second-order valence-electron chi connectivity index (χ2n) is 3.12. The van der Waals surface area contributed by atoms with Crippen LogP contribution >= 0.6 is 0 Å². The monoisotopic (exact) mass is 126 g/mol. The van der Waals surface area contributed by atoms with Gasteiger partial charge in [0, 0.05) is 0 Å². The minimum atomic E-state index is -1.01. The van der Waals surface area contributed by atoms with Crippen molar-refractivity contribution in [2.24, 2.45) is 0 Å². The van der Waals surface area contributed by atoms with Gasteiger partial charge in [-0.3, -0.25) is 0 Å². The van der Waals surface area contributed by atoms with Gasteiger partial charge in [-0.1, -0.05) is 0 Å². The fourth-order valence-corrected chi connectivity index (χ4v) is 0. The van der Waals surface area contributed by atoms with Crippen molar-refractivity contribution in [3.05, 3.63) is 0 Å². The molecule has 9 heavy (non-hydrogen) atoms. The van der Waals surface area contributed by atoms with Gasteiger partial charge in [0.15, 0.2) is 0 Å². The van der Waals surface area contributed by atoms with Gasteiger partial charge in [0.1, 0.15) is 0 Å². The number of rotatable bonds is 1. The van der Waals surface area contributed by atoms with Crippen LogP contribution in [0.5, 0.6) is 0 Å². The van der Waals surface area contributed by atoms with Crippen LogP contribution in [0.4, 0.5) is 0 Å². The molecule has 0 fully saturated rings. The molecule has 0 aromatic rings. The van der Waals surface area contributed by atoms with E-state index < -0.39 is 11.2 Å². The minimum absolute atomic E-state index is 0. The minimum Gasteiger partial charge on any atom is -1.00 e. The molecule has 0 aromatic heterocycles. The zero-order valence-electron chi connectivity index (χ0n) is 7.89. The molecule has 0 heterocycles. The Morgan fingerprint density at radius 2 is 1.00 bits per heavy atom. The summed E-state index contributed by atoms with van der Waals surface area (Å²) in [7, 11) is 0. The van der Waals surface area contributed by atoms with E-state index in [0.29, 0.717) is 0 Å². The predicted molar refractivity (Wildman–Crippen MR) is 33.7 cm³/mol. The third kappa shape index (κ3) is 3.99. The van der Waals surface area contributed by atoms with Crippen LogP contribution in [-0.4, -0.2) is 21.4 Å². The largest absolute Gasteiger partial charge is 1.00 e. The van der Waals surface area contributed by atoms with Crippen LogP contribution < -0.4 is 18.9 Å². The Kier molecular flexibility index (Phi) is 4.17. The Balaban J connectivity index is -0.000000245. The summed E-state index contributed by atoms with van der Waals surface area (Å²) in [5.41, 5.74) is -2.01. The van der Waals surface area contributed by atoms with Crippen LogP contribution in [0.2, 0.25) is 0 Å². The van der Waals surface area contributed by atoms with E-state index in [4.69, 9.17) is 10.2 Å². The van der Waals surface area contributed by atoms with Crippen molar-refractivity contribution in [3.8, 4) is 0 Å². The number of hydrogen-bond donors (Lipinski definition) is 2. The first kappa shape index (κ1) is 12.2. The van der Waals surface area contributed by atoms with E-state index in [9.17, 15) is 0 Å². The summed E-state index contributed by atoms with van der Waals surface area (Å²) in [6.45, 7) is 6.31. The van der Waals surface area contributed by atoms with Crippen molar-refractivity contribution in [2.45, 2.75) is 38.9 Å². The van der Waals surface area contributed by atoms with Crippen LogP contribution in [0.15, 0.2) is 0 Å². The topological polar surface area (TPSA) is 40.5 Å². The van der Waals surface area contributed by atoms with E-state index >= 15 is 0 Å². The van der Waals surface area contributed by atoms with Gasteiger partial charge < -0.3 is 11.6 Å². The van der Waals surface area contributed by atoms with Gasteiger partial charge in [-0.25, -0.2) is 0 Å². The van der Waals surface area contributed by atoms with Crippen molar-refractivity contribution in [1.82, 2.24) is 0 Å². The maximum atomic E-state index is 9.10. The Morgan fingerprint density at radius 1 is 0.889 bits per heavy atom. The molecule has 52 valence electrons. The standard InChI is InChI=1S/C6H14O2.Li.H/c1-5(2,7)6(3,4)8;;/h7-8H,1-4H3;;/q;+1;-1. The fourth-order valence-electron chi connectivity index (χ4n) is 0. The fraction of sp³-hybridized carbons (Fsp3) is 1.00. The van der Waals surface area contributed by atoms with Crippen molar-refractivity contribution >= 4 is 0 Å². The molecule has 2 N–H and O–H groups in total. The number of aliphatic hydroxyl groups is 2. The number of hydrogen-bond acceptors (Lipinski definition) is 2. The molecule has 0 spiro atoms. The van der Waals surface area contributed by atoms with Gasteiger partial charge in [-0.15, -0.1) is 0 Å². The van der Waals surface area contributed by atoms with Crippen LogP contribution in [-0.2, 0) is 0 Å². The van der Waals surface area contributed by atoms with E-state index in [1.54, 1.807) is 27.7 Å². The molecule has 0 radical (unpaired) electrons. The van der Waals surface area contributed by atoms with Gasteiger partial charge in [0.05, 0.1) is 11.2 Å². The third-order valence-corrected chi connectivity index (χ3v) is 1.50. The summed E-state index contributed by atoms with van der Waals surface area (Å²) in [5.74, 6) is 0. The van der Waals surface area contributed by atoms with Gasteiger partial charge >= 0.3 is 18.9 Å². The molecule has 0 amide bonds. The average Bonchev–Trinajstić information content (AvgIpc) is 1.25. The average molecular weight is 126 g/mol. The van der Waals surface area contributed by atoms with Crippen LogP contribution in [0, 0.1) is 0 Å². The first-order chi connectivity index (χ1) is 3.25. The summed E-state index contributed by atoms with van der Waals surface area (Å²) in [6.07, 6.45) is 0. The molecule has 3 heteroatoms. The second kappa shape index (κ2) is 3.07. The Hall–Kier alpha value is 0.517. The van der Waals surface area contributed by atoms with Gasteiger partial charge in [-0.05, 0) is 27.7 Å². The van der Waals surface area contributed by atoms with E-state index in [0.717, 1.165) is 0 Å². The smallest absolute Gasteiger partial charge is 1.00 e. The molecular formula is C6H15LiO2. The van der Waals surface area contributed by atoms with Gasteiger partial charge in [-0.2, -0.15) is 0 Å². The Labute approximate surface area is 69.9 Å². The van der Waals surface area contributed by atoms with Crippen LogP contribution in [0.1, 0.15) is 29.1 Å². The van der Waals surface area contributed by atoms with Crippen molar-refractivity contribution in [2.75, 3.05) is 0 Å².